The van der Waals surface area contributed by atoms with Gasteiger partial charge in [0.2, 0.25) is 0 Å². The van der Waals surface area contributed by atoms with Gasteiger partial charge in [0.1, 0.15) is 17.3 Å². The highest BCUT2D eigenvalue weighted by Gasteiger charge is 2.43. The molecule has 45 heavy (non-hydrogen) atoms. The van der Waals surface area contributed by atoms with E-state index >= 15 is 0 Å². The van der Waals surface area contributed by atoms with Crippen molar-refractivity contribution in [3.8, 4) is 11.4 Å². The van der Waals surface area contributed by atoms with Crippen LogP contribution in [-0.2, 0) is 12.6 Å². The van der Waals surface area contributed by atoms with Gasteiger partial charge in [0.25, 0.3) is 17.7 Å². The number of rotatable bonds is 7. The van der Waals surface area contributed by atoms with Crippen LogP contribution in [0.4, 0.5) is 23.2 Å². The summed E-state index contributed by atoms with van der Waals surface area (Å²) in [6.45, 7) is 1.61. The second kappa shape index (κ2) is 12.1. The number of hydrogen-bond donors (Lipinski definition) is 1. The summed E-state index contributed by atoms with van der Waals surface area (Å²) in [6, 6.07) is 15.2. The highest BCUT2D eigenvalue weighted by molar-refractivity contribution is 6.08. The third-order valence-corrected chi connectivity index (χ3v) is 7.51. The minimum absolute atomic E-state index is 0.0628. The molecule has 4 aromatic rings. The van der Waals surface area contributed by atoms with Crippen LogP contribution in [0.1, 0.15) is 61.0 Å². The molecule has 2 heterocycles. The van der Waals surface area contributed by atoms with Crippen LogP contribution in [0.5, 0.6) is 5.75 Å². The summed E-state index contributed by atoms with van der Waals surface area (Å²) in [6.07, 6.45) is -5.04. The van der Waals surface area contributed by atoms with E-state index in [1.165, 1.54) is 71.5 Å². The van der Waals surface area contributed by atoms with Gasteiger partial charge in [-0.25, -0.2) is 9.07 Å². The van der Waals surface area contributed by atoms with Crippen molar-refractivity contribution in [1.29, 1.82) is 0 Å². The highest BCUT2D eigenvalue weighted by atomic mass is 19.4. The van der Waals surface area contributed by atoms with Gasteiger partial charge in [-0.15, -0.1) is 0 Å². The molecule has 1 N–H and O–H groups in total. The molecule has 0 radical (unpaired) electrons. The summed E-state index contributed by atoms with van der Waals surface area (Å²) >= 11 is 0. The average Bonchev–Trinajstić information content (AvgIpc) is 3.42. The zero-order valence-corrected chi connectivity index (χ0v) is 24.8. The first-order valence-corrected chi connectivity index (χ1v) is 13.9. The Kier molecular flexibility index (Phi) is 8.37. The van der Waals surface area contributed by atoms with E-state index in [9.17, 15) is 31.9 Å². The van der Waals surface area contributed by atoms with E-state index in [0.29, 0.717) is 16.8 Å². The SMILES string of the molecule is COc1ccc(-n2nc(C(F)(F)F)c3c2C(=O)N(c2ccc(C(=O)N(C)C)cc2)CC3)c(C(=O)NC(C)c2ccc(F)cc2)c1. The van der Waals surface area contributed by atoms with Crippen LogP contribution in [0.3, 0.4) is 0 Å². The molecule has 234 valence electrons. The normalized spacial score (nSPS) is 13.7. The molecule has 1 atom stereocenters. The van der Waals surface area contributed by atoms with Gasteiger partial charge in [0.15, 0.2) is 5.69 Å². The topological polar surface area (TPSA) is 96.8 Å². The number of benzene rings is 3. The Morgan fingerprint density at radius 1 is 1.02 bits per heavy atom. The standard InChI is InChI=1S/C32H29F4N5O4/c1-18(19-5-9-21(33)10-6-19)37-29(42)25-17-23(45-4)13-14-26(25)41-27-24(28(38-41)32(34,35)36)15-16-40(31(27)44)22-11-7-20(8-12-22)30(43)39(2)3/h5-14,17-18H,15-16H2,1-4H3,(H,37,42). The summed E-state index contributed by atoms with van der Waals surface area (Å²) in [5, 5.41) is 6.62. The van der Waals surface area contributed by atoms with E-state index < -0.39 is 35.5 Å². The minimum Gasteiger partial charge on any atom is -0.497 e. The number of nitrogens with one attached hydrogen (secondary N) is 1. The Balaban J connectivity index is 1.58. The smallest absolute Gasteiger partial charge is 0.435 e. The van der Waals surface area contributed by atoms with Gasteiger partial charge in [0.05, 0.1) is 24.4 Å². The molecule has 0 saturated heterocycles. The van der Waals surface area contributed by atoms with E-state index in [0.717, 1.165) is 4.68 Å². The number of carbonyl (C=O) groups excluding carboxylic acids is 3. The lowest BCUT2D eigenvalue weighted by Crippen LogP contribution is -2.39. The van der Waals surface area contributed by atoms with Gasteiger partial charge in [-0.1, -0.05) is 12.1 Å². The lowest BCUT2D eigenvalue weighted by Gasteiger charge is -2.28. The molecule has 5 rings (SSSR count). The summed E-state index contributed by atoms with van der Waals surface area (Å²) in [7, 11) is 4.57. The van der Waals surface area contributed by atoms with Crippen molar-refractivity contribution >= 4 is 23.4 Å². The molecule has 13 heteroatoms. The van der Waals surface area contributed by atoms with Crippen molar-refractivity contribution in [2.45, 2.75) is 25.6 Å². The number of aromatic nitrogens is 2. The summed E-state index contributed by atoms with van der Waals surface area (Å²) < 4.78 is 62.3. The van der Waals surface area contributed by atoms with Gasteiger partial charge in [-0.2, -0.15) is 18.3 Å². The third-order valence-electron chi connectivity index (χ3n) is 7.51. The predicted molar refractivity (Wildman–Crippen MR) is 157 cm³/mol. The third kappa shape index (κ3) is 6.10. The summed E-state index contributed by atoms with van der Waals surface area (Å²) in [5.41, 5.74) is -0.677. The van der Waals surface area contributed by atoms with E-state index in [1.54, 1.807) is 33.2 Å². The fraction of sp³-hybridized carbons (Fsp3) is 0.250. The fourth-order valence-electron chi connectivity index (χ4n) is 5.17. The zero-order chi connectivity index (χ0) is 32.6. The molecule has 0 bridgehead atoms. The number of nitrogens with zero attached hydrogens (tertiary/aromatic N) is 4. The Bertz CT molecular complexity index is 1770. The number of carbonyl (C=O) groups is 3. The predicted octanol–water partition coefficient (Wildman–Crippen LogP) is 5.43. The van der Waals surface area contributed by atoms with Crippen LogP contribution in [0, 0.1) is 5.82 Å². The number of anilines is 1. The Morgan fingerprint density at radius 2 is 1.69 bits per heavy atom. The maximum atomic E-state index is 14.2. The first kappa shape index (κ1) is 31.2. The van der Waals surface area contributed by atoms with Crippen LogP contribution >= 0.6 is 0 Å². The van der Waals surface area contributed by atoms with Crippen molar-refractivity contribution < 1.29 is 36.7 Å². The molecule has 9 nitrogen and oxygen atoms in total. The average molecular weight is 624 g/mol. The second-order valence-corrected chi connectivity index (χ2v) is 10.7. The van der Waals surface area contributed by atoms with Crippen molar-refractivity contribution in [2.24, 2.45) is 0 Å². The van der Waals surface area contributed by atoms with E-state index in [-0.39, 0.29) is 47.1 Å². The number of ether oxygens (including phenoxy) is 1. The molecule has 1 unspecified atom stereocenters. The Morgan fingerprint density at radius 3 is 2.29 bits per heavy atom. The van der Waals surface area contributed by atoms with Crippen molar-refractivity contribution in [3.63, 3.8) is 0 Å². The van der Waals surface area contributed by atoms with Crippen LogP contribution < -0.4 is 15.0 Å². The maximum Gasteiger partial charge on any atom is 0.435 e. The molecule has 0 aliphatic carbocycles. The minimum atomic E-state index is -4.88. The molecular weight excluding hydrogens is 594 g/mol. The number of methoxy groups -OCH3 is 1. The van der Waals surface area contributed by atoms with E-state index in [2.05, 4.69) is 10.4 Å². The largest absolute Gasteiger partial charge is 0.497 e. The Labute approximate surface area is 256 Å². The number of halogens is 4. The molecule has 3 aromatic carbocycles. The molecular formula is C32H29F4N5O4. The lowest BCUT2D eigenvalue weighted by molar-refractivity contribution is -0.141. The summed E-state index contributed by atoms with van der Waals surface area (Å²) in [4.78, 5) is 42.6. The van der Waals surface area contributed by atoms with Crippen molar-refractivity contribution in [1.82, 2.24) is 20.0 Å². The number of fused-ring (bicyclic) bond motifs is 1. The first-order valence-electron chi connectivity index (χ1n) is 13.9. The number of hydrogen-bond acceptors (Lipinski definition) is 5. The van der Waals surface area contributed by atoms with Crippen molar-refractivity contribution in [2.75, 3.05) is 32.6 Å². The number of alkyl halides is 3. The quantitative estimate of drug-likeness (QED) is 0.277. The Hall–Kier alpha value is -5.20. The van der Waals surface area contributed by atoms with Gasteiger partial charge in [-0.3, -0.25) is 14.4 Å². The molecule has 0 fully saturated rings. The summed E-state index contributed by atoms with van der Waals surface area (Å²) in [5.74, 6) is -1.89. The fourth-order valence-corrected chi connectivity index (χ4v) is 5.17. The van der Waals surface area contributed by atoms with Gasteiger partial charge in [-0.05, 0) is 73.5 Å². The zero-order valence-electron chi connectivity index (χ0n) is 24.8. The van der Waals surface area contributed by atoms with Crippen LogP contribution in [0.15, 0.2) is 66.7 Å². The molecule has 1 aliphatic heterocycles. The van der Waals surface area contributed by atoms with Crippen molar-refractivity contribution in [3.05, 3.63) is 106 Å². The van der Waals surface area contributed by atoms with Gasteiger partial charge < -0.3 is 19.9 Å². The monoisotopic (exact) mass is 623 g/mol. The highest BCUT2D eigenvalue weighted by Crippen LogP contribution is 2.38. The van der Waals surface area contributed by atoms with Gasteiger partial charge in [0, 0.05) is 37.5 Å². The molecule has 0 spiro atoms. The molecule has 3 amide bonds. The molecule has 0 saturated carbocycles. The first-order chi connectivity index (χ1) is 21.3. The van der Waals surface area contributed by atoms with E-state index in [4.69, 9.17) is 4.74 Å². The van der Waals surface area contributed by atoms with Gasteiger partial charge >= 0.3 is 6.18 Å². The molecule has 1 aliphatic rings. The lowest BCUT2D eigenvalue weighted by atomic mass is 10.0. The second-order valence-electron chi connectivity index (χ2n) is 10.7. The number of amides is 3. The van der Waals surface area contributed by atoms with Crippen LogP contribution in [0.2, 0.25) is 0 Å². The van der Waals surface area contributed by atoms with Crippen LogP contribution in [0.25, 0.3) is 5.69 Å². The maximum absolute atomic E-state index is 14.2. The van der Waals surface area contributed by atoms with E-state index in [1.807, 2.05) is 0 Å². The molecule has 1 aromatic heterocycles. The van der Waals surface area contributed by atoms with Crippen LogP contribution in [-0.4, -0.2) is 60.2 Å².